The molecule has 2 heteroatoms. The molecule has 0 unspecified atom stereocenters. The van der Waals surface area contributed by atoms with E-state index < -0.39 is 27.8 Å². The Morgan fingerprint density at radius 3 is 1.64 bits per heavy atom. The van der Waals surface area contributed by atoms with Crippen LogP contribution in [0.25, 0.3) is 49.4 Å². The van der Waals surface area contributed by atoms with Crippen molar-refractivity contribution in [2.24, 2.45) is 0 Å². The SMILES string of the molecule is C=CC1=C(/C=C\C)[Se](c2ccccc2)c2c1cc1ccccc1c2-c1c2c(cc3ccccc13)-c1ccccc1[Se]2c1ccccc1. The van der Waals surface area contributed by atoms with Gasteiger partial charge in [0.15, 0.2) is 0 Å². The molecule has 47 heavy (non-hydrogen) atoms. The van der Waals surface area contributed by atoms with E-state index in [9.17, 15) is 0 Å². The summed E-state index contributed by atoms with van der Waals surface area (Å²) in [6.45, 7) is 6.55. The number of allylic oxidation sites excluding steroid dienone is 5. The number of hydrogen-bond donors (Lipinski definition) is 0. The number of benzene rings is 7. The van der Waals surface area contributed by atoms with Gasteiger partial charge >= 0.3 is 287 Å². The molecule has 2 aliphatic rings. The summed E-state index contributed by atoms with van der Waals surface area (Å²) in [6.07, 6.45) is 6.70. The van der Waals surface area contributed by atoms with Gasteiger partial charge in [-0.2, -0.15) is 0 Å². The van der Waals surface area contributed by atoms with Crippen LogP contribution in [0.2, 0.25) is 0 Å². The third-order valence-electron chi connectivity index (χ3n) is 9.31. The molecule has 0 amide bonds. The summed E-state index contributed by atoms with van der Waals surface area (Å²) in [4.78, 5) is 0. The first-order valence-electron chi connectivity index (χ1n) is 16.1. The molecule has 7 aromatic carbocycles. The molecule has 0 nitrogen and oxygen atoms in total. The molecule has 0 saturated carbocycles. The second-order valence-corrected chi connectivity index (χ2v) is 20.0. The molecule has 0 atom stereocenters. The number of fused-ring (bicyclic) bond motifs is 6. The molecule has 7 aromatic rings. The molecule has 224 valence electrons. The van der Waals surface area contributed by atoms with Crippen molar-refractivity contribution in [1.29, 1.82) is 0 Å². The van der Waals surface area contributed by atoms with Crippen molar-refractivity contribution in [3.05, 3.63) is 180 Å². The maximum atomic E-state index is 4.41. The van der Waals surface area contributed by atoms with Crippen LogP contribution in [0.4, 0.5) is 0 Å². The molecule has 0 aromatic heterocycles. The van der Waals surface area contributed by atoms with Crippen LogP contribution in [0.3, 0.4) is 0 Å². The summed E-state index contributed by atoms with van der Waals surface area (Å²) in [5.41, 5.74) is 8.31. The van der Waals surface area contributed by atoms with Crippen molar-refractivity contribution >= 4 is 77.2 Å². The molecule has 0 bridgehead atoms. The van der Waals surface area contributed by atoms with E-state index in [1.807, 2.05) is 0 Å². The van der Waals surface area contributed by atoms with E-state index in [4.69, 9.17) is 0 Å². The predicted molar refractivity (Wildman–Crippen MR) is 207 cm³/mol. The Morgan fingerprint density at radius 1 is 0.511 bits per heavy atom. The molecule has 0 N–H and O–H groups in total. The van der Waals surface area contributed by atoms with Gasteiger partial charge in [-0.15, -0.1) is 0 Å². The van der Waals surface area contributed by atoms with Crippen LogP contribution in [-0.2, 0) is 0 Å². The van der Waals surface area contributed by atoms with Gasteiger partial charge in [-0.05, 0) is 0 Å². The van der Waals surface area contributed by atoms with Crippen molar-refractivity contribution in [1.82, 2.24) is 0 Å². The second kappa shape index (κ2) is 11.5. The van der Waals surface area contributed by atoms with Crippen LogP contribution in [-0.4, -0.2) is 27.8 Å². The molecule has 0 spiro atoms. The standard InChI is InChI=1S/C45H32Se2/c1-3-17-40-34(4-2)38-28-30-18-11-13-24-35(30)42(44(38)46(40)32-20-7-5-8-21-32)43-36-25-14-12-19-31(36)29-39-37-26-15-16-27-41(37)47(45(39)43)33-22-9-6-10-23-33/h3-29H,2H2,1H3/b17-3-. The van der Waals surface area contributed by atoms with Gasteiger partial charge in [-0.25, -0.2) is 0 Å². The van der Waals surface area contributed by atoms with Crippen LogP contribution < -0.4 is 22.3 Å². The Morgan fingerprint density at radius 2 is 1.02 bits per heavy atom. The first-order valence-corrected chi connectivity index (χ1v) is 21.2. The fourth-order valence-electron chi connectivity index (χ4n) is 7.43. The summed E-state index contributed by atoms with van der Waals surface area (Å²) in [5, 5.41) is 5.28. The van der Waals surface area contributed by atoms with E-state index in [1.165, 1.54) is 77.3 Å². The Hall–Kier alpha value is -4.68. The minimum atomic E-state index is -1.70. The van der Waals surface area contributed by atoms with Crippen LogP contribution in [0.1, 0.15) is 12.5 Å². The first kappa shape index (κ1) is 28.5. The van der Waals surface area contributed by atoms with Crippen molar-refractivity contribution in [2.45, 2.75) is 6.92 Å². The topological polar surface area (TPSA) is 0 Å². The predicted octanol–water partition coefficient (Wildman–Crippen LogP) is 7.83. The molecule has 0 saturated heterocycles. The van der Waals surface area contributed by atoms with Gasteiger partial charge in [0.05, 0.1) is 0 Å². The van der Waals surface area contributed by atoms with Crippen LogP contribution in [0.15, 0.2) is 175 Å². The van der Waals surface area contributed by atoms with Gasteiger partial charge in [0.25, 0.3) is 0 Å². The van der Waals surface area contributed by atoms with Crippen molar-refractivity contribution < 1.29 is 0 Å². The fraction of sp³-hybridized carbons (Fsp3) is 0.0222. The molecule has 0 aliphatic carbocycles. The zero-order valence-electron chi connectivity index (χ0n) is 26.1. The average molecular weight is 731 g/mol. The van der Waals surface area contributed by atoms with Gasteiger partial charge in [-0.1, -0.05) is 0 Å². The Balaban J connectivity index is 1.50. The number of hydrogen-bond acceptors (Lipinski definition) is 0. The Kier molecular flexibility index (Phi) is 7.00. The number of rotatable bonds is 5. The summed E-state index contributed by atoms with van der Waals surface area (Å²) in [6, 6.07) is 54.9. The maximum absolute atomic E-state index is 4.41. The average Bonchev–Trinajstić information content (AvgIpc) is 3.62. The normalized spacial score (nSPS) is 14.2. The van der Waals surface area contributed by atoms with Crippen LogP contribution in [0, 0.1) is 0 Å². The van der Waals surface area contributed by atoms with E-state index in [0.717, 1.165) is 0 Å². The third-order valence-corrected chi connectivity index (χ3v) is 19.3. The molecular weight excluding hydrogens is 698 g/mol. The first-order chi connectivity index (χ1) is 23.3. The van der Waals surface area contributed by atoms with Gasteiger partial charge in [-0.3, -0.25) is 0 Å². The third kappa shape index (κ3) is 4.34. The van der Waals surface area contributed by atoms with Crippen LogP contribution >= 0.6 is 0 Å². The van der Waals surface area contributed by atoms with E-state index in [0.29, 0.717) is 0 Å². The summed E-state index contributed by atoms with van der Waals surface area (Å²) < 4.78 is 8.92. The molecule has 9 rings (SSSR count). The van der Waals surface area contributed by atoms with Gasteiger partial charge in [0.2, 0.25) is 0 Å². The van der Waals surface area contributed by atoms with Crippen molar-refractivity contribution in [3.8, 4) is 22.3 Å². The molecule has 2 radical (unpaired) electrons. The summed E-state index contributed by atoms with van der Waals surface area (Å²) in [7, 11) is 0. The van der Waals surface area contributed by atoms with Gasteiger partial charge in [0.1, 0.15) is 0 Å². The quantitative estimate of drug-likeness (QED) is 0.159. The molecule has 2 heterocycles. The minimum absolute atomic E-state index is 1.29. The Labute approximate surface area is 285 Å². The molecular formula is C45H32Se2. The second-order valence-electron chi connectivity index (χ2n) is 11.9. The van der Waals surface area contributed by atoms with Crippen molar-refractivity contribution in [3.63, 3.8) is 0 Å². The van der Waals surface area contributed by atoms with Crippen molar-refractivity contribution in [2.75, 3.05) is 0 Å². The van der Waals surface area contributed by atoms with E-state index in [2.05, 4.69) is 177 Å². The van der Waals surface area contributed by atoms with Crippen LogP contribution in [0.5, 0.6) is 0 Å². The van der Waals surface area contributed by atoms with Gasteiger partial charge < -0.3 is 0 Å². The Bertz CT molecular complexity index is 2430. The van der Waals surface area contributed by atoms with E-state index in [1.54, 1.807) is 4.46 Å². The van der Waals surface area contributed by atoms with E-state index >= 15 is 0 Å². The van der Waals surface area contributed by atoms with E-state index in [-0.39, 0.29) is 0 Å². The zero-order chi connectivity index (χ0) is 31.5. The molecule has 2 aliphatic heterocycles. The summed E-state index contributed by atoms with van der Waals surface area (Å²) >= 11 is -3.35. The van der Waals surface area contributed by atoms with Gasteiger partial charge in [0, 0.05) is 0 Å². The summed E-state index contributed by atoms with van der Waals surface area (Å²) in [5.74, 6) is 0. The zero-order valence-corrected chi connectivity index (χ0v) is 29.5. The molecule has 0 fully saturated rings. The monoisotopic (exact) mass is 732 g/mol. The fourth-order valence-corrected chi connectivity index (χ4v) is 18.3.